The molecule has 0 bridgehead atoms. The molecule has 5 aliphatic rings. The molecular weight excluding hydrogens is 944 g/mol. The lowest BCUT2D eigenvalue weighted by molar-refractivity contribution is -0.137. The van der Waals surface area contributed by atoms with Crippen LogP contribution >= 0.6 is 0 Å². The zero-order valence-corrected chi connectivity index (χ0v) is 40.7. The summed E-state index contributed by atoms with van der Waals surface area (Å²) in [5.41, 5.74) is 3.72. The third-order valence-electron chi connectivity index (χ3n) is 15.5. The Balaban J connectivity index is 0.679. The summed E-state index contributed by atoms with van der Waals surface area (Å²) in [4.78, 5) is 75.0. The number of piperidine rings is 2. The minimum absolute atomic E-state index is 0.0827. The van der Waals surface area contributed by atoms with Crippen molar-refractivity contribution in [3.63, 3.8) is 0 Å². The van der Waals surface area contributed by atoms with Gasteiger partial charge in [-0.3, -0.25) is 38.4 Å². The molecule has 1 atom stereocenters. The van der Waals surface area contributed by atoms with Gasteiger partial charge in [-0.25, -0.2) is 4.79 Å². The normalized spacial score (nSPS) is 19.6. The number of nitrogens with one attached hydrogen (secondary N) is 1. The molecule has 0 saturated carbocycles. The molecule has 0 unspecified atom stereocenters. The van der Waals surface area contributed by atoms with Crippen LogP contribution in [-0.2, 0) is 52.5 Å². The van der Waals surface area contributed by atoms with Crippen LogP contribution in [0.4, 0.5) is 24.5 Å². The van der Waals surface area contributed by atoms with Crippen molar-refractivity contribution in [1.82, 2.24) is 43.7 Å². The number of rotatable bonds is 12. The van der Waals surface area contributed by atoms with E-state index in [0.717, 1.165) is 77.8 Å². The summed E-state index contributed by atoms with van der Waals surface area (Å²) in [5, 5.41) is 10.6. The molecule has 20 heteroatoms. The number of imide groups is 1. The van der Waals surface area contributed by atoms with Gasteiger partial charge >= 0.3 is 11.9 Å². The number of imidazole rings is 1. The standard InChI is InChI=1S/C53H56F3N11O6/c1-60(49(70)36-6-8-39(9-7-36)63-18-20-64(21-19-63)40-10-11-42-37(23-40)29-66(50(42)71)44-12-13-47(68)58-48(44)69)26-34-14-16-62(17-15-34)27-35-22-43(53(54,55)56)45-30-65(51(72)67(45)28-35)41-5-3-4-38(24-41)52(31-73-32-52)25-46-59-57-33-61(46)2/h3-11,22-24,28,30,33-34,44H,12-21,25-27,29,31-32H2,1-2H3,(H,58,68,69)/t44-/m0/s1. The van der Waals surface area contributed by atoms with Gasteiger partial charge in [0.1, 0.15) is 18.2 Å². The molecule has 8 heterocycles. The molecule has 11 rings (SSSR count). The number of carbonyl (C=O) groups excluding carboxylic acids is 4. The van der Waals surface area contributed by atoms with Crippen LogP contribution in [0.5, 0.6) is 0 Å². The van der Waals surface area contributed by atoms with Gasteiger partial charge in [0.25, 0.3) is 11.8 Å². The van der Waals surface area contributed by atoms with E-state index in [1.807, 2.05) is 66.2 Å². The van der Waals surface area contributed by atoms with Crippen LogP contribution in [0.3, 0.4) is 0 Å². The lowest BCUT2D eigenvalue weighted by atomic mass is 9.75. The molecule has 5 aliphatic heterocycles. The summed E-state index contributed by atoms with van der Waals surface area (Å²) < 4.78 is 54.0. The van der Waals surface area contributed by atoms with Crippen molar-refractivity contribution in [2.75, 3.05) is 75.9 Å². The molecule has 1 N–H and O–H groups in total. The van der Waals surface area contributed by atoms with Crippen LogP contribution in [0.1, 0.15) is 74.5 Å². The molecule has 380 valence electrons. The second-order valence-corrected chi connectivity index (χ2v) is 20.3. The number of hydrogen-bond donors (Lipinski definition) is 1. The lowest BCUT2D eigenvalue weighted by Gasteiger charge is -2.41. The first-order valence-electron chi connectivity index (χ1n) is 24.8. The maximum Gasteiger partial charge on any atom is 0.418 e. The number of pyridine rings is 1. The van der Waals surface area contributed by atoms with Gasteiger partial charge in [-0.05, 0) is 116 Å². The van der Waals surface area contributed by atoms with Crippen LogP contribution < -0.4 is 20.8 Å². The molecule has 0 spiro atoms. The Bertz CT molecular complexity index is 3180. The van der Waals surface area contributed by atoms with E-state index in [4.69, 9.17) is 4.74 Å². The monoisotopic (exact) mass is 999 g/mol. The van der Waals surface area contributed by atoms with Crippen LogP contribution in [0.2, 0.25) is 0 Å². The molecule has 6 aromatic rings. The molecule has 4 amide bonds. The first-order valence-corrected chi connectivity index (χ1v) is 24.8. The highest BCUT2D eigenvalue weighted by molar-refractivity contribution is 6.05. The van der Waals surface area contributed by atoms with Crippen LogP contribution in [0.25, 0.3) is 11.2 Å². The van der Waals surface area contributed by atoms with Gasteiger partial charge in [0, 0.05) is 113 Å². The summed E-state index contributed by atoms with van der Waals surface area (Å²) in [6.45, 7) is 6.27. The van der Waals surface area contributed by atoms with Crippen molar-refractivity contribution < 1.29 is 37.1 Å². The number of aromatic nitrogens is 5. The van der Waals surface area contributed by atoms with Crippen LogP contribution in [-0.4, -0.2) is 134 Å². The molecule has 3 aromatic carbocycles. The number of likely N-dealkylation sites (tertiary alicyclic amines) is 1. The van der Waals surface area contributed by atoms with Crippen LogP contribution in [0.15, 0.2) is 96.3 Å². The third kappa shape index (κ3) is 9.26. The number of nitrogens with zero attached hydrogens (tertiary/aromatic N) is 10. The summed E-state index contributed by atoms with van der Waals surface area (Å²) in [6, 6.07) is 21.3. The fraction of sp³-hybridized carbons (Fsp3) is 0.415. The first kappa shape index (κ1) is 48.0. The summed E-state index contributed by atoms with van der Waals surface area (Å²) in [5.74, 6) is -0.0241. The van der Waals surface area contributed by atoms with Gasteiger partial charge in [-0.1, -0.05) is 12.1 Å². The Morgan fingerprint density at radius 3 is 2.26 bits per heavy atom. The average Bonchev–Trinajstić information content (AvgIpc) is 4.05. The number of benzene rings is 3. The zero-order chi connectivity index (χ0) is 50.8. The average molecular weight is 1000 g/mol. The Hall–Kier alpha value is -7.32. The molecular formula is C53H56F3N11O6. The largest absolute Gasteiger partial charge is 0.418 e. The number of aryl methyl sites for hydroxylation is 1. The molecule has 0 aliphatic carbocycles. The predicted octanol–water partition coefficient (Wildman–Crippen LogP) is 4.82. The second kappa shape index (κ2) is 18.9. The third-order valence-corrected chi connectivity index (χ3v) is 15.5. The Labute approximate surface area is 418 Å². The smallest absolute Gasteiger partial charge is 0.379 e. The number of piperazine rings is 1. The quantitative estimate of drug-likeness (QED) is 0.168. The number of halogens is 3. The fourth-order valence-electron chi connectivity index (χ4n) is 11.3. The highest BCUT2D eigenvalue weighted by atomic mass is 19.4. The van der Waals surface area contributed by atoms with E-state index >= 15 is 0 Å². The number of amides is 4. The fourth-order valence-corrected chi connectivity index (χ4v) is 11.3. The Morgan fingerprint density at radius 2 is 1.59 bits per heavy atom. The van der Waals surface area contributed by atoms with Crippen molar-refractivity contribution in [1.29, 1.82) is 0 Å². The van der Waals surface area contributed by atoms with Gasteiger partial charge in [-0.2, -0.15) is 13.2 Å². The van der Waals surface area contributed by atoms with E-state index in [9.17, 15) is 37.1 Å². The highest BCUT2D eigenvalue weighted by Gasteiger charge is 2.43. The second-order valence-electron chi connectivity index (χ2n) is 20.3. The van der Waals surface area contributed by atoms with Gasteiger partial charge in [0.2, 0.25) is 11.8 Å². The van der Waals surface area contributed by atoms with Crippen molar-refractivity contribution in [3.05, 3.63) is 141 Å². The van der Waals surface area contributed by atoms with E-state index in [2.05, 4.69) is 30.2 Å². The molecule has 4 fully saturated rings. The number of ether oxygens (including phenoxy) is 1. The Morgan fingerprint density at radius 1 is 0.863 bits per heavy atom. The van der Waals surface area contributed by atoms with Gasteiger partial charge < -0.3 is 28.9 Å². The maximum absolute atomic E-state index is 14.7. The van der Waals surface area contributed by atoms with Gasteiger partial charge in [0.15, 0.2) is 0 Å². The van der Waals surface area contributed by atoms with E-state index in [1.54, 1.807) is 35.3 Å². The number of alkyl halides is 3. The van der Waals surface area contributed by atoms with Crippen LogP contribution in [0, 0.1) is 5.92 Å². The summed E-state index contributed by atoms with van der Waals surface area (Å²) in [6.07, 6.45) is 2.33. The minimum atomic E-state index is -4.70. The van der Waals surface area contributed by atoms with E-state index < -0.39 is 34.8 Å². The van der Waals surface area contributed by atoms with Crippen molar-refractivity contribution in [2.24, 2.45) is 13.0 Å². The minimum Gasteiger partial charge on any atom is -0.379 e. The zero-order valence-electron chi connectivity index (χ0n) is 40.7. The SMILES string of the molecule is CN(CC1CCN(Cc2cc(C(F)(F)F)c3cn(-c4cccc(C5(Cc6nncn6C)COC5)c4)c(=O)n3c2)CC1)C(=O)c1ccc(N2CCN(c3ccc4c(c3)CN([C@H]3CCC(=O)NC3=O)C4=O)CC2)cc1. The number of fused-ring (bicyclic) bond motifs is 2. The first-order chi connectivity index (χ1) is 35.1. The van der Waals surface area contributed by atoms with E-state index in [1.165, 1.54) is 17.0 Å². The molecule has 4 saturated heterocycles. The topological polar surface area (TPSA) is 163 Å². The Kier molecular flexibility index (Phi) is 12.4. The van der Waals surface area contributed by atoms with E-state index in [-0.39, 0.29) is 42.1 Å². The summed E-state index contributed by atoms with van der Waals surface area (Å²) >= 11 is 0. The van der Waals surface area contributed by atoms with E-state index in [0.29, 0.717) is 74.6 Å². The van der Waals surface area contributed by atoms with Gasteiger partial charge in [-0.15, -0.1) is 10.2 Å². The van der Waals surface area contributed by atoms with Crippen molar-refractivity contribution in [3.8, 4) is 5.69 Å². The predicted molar refractivity (Wildman–Crippen MR) is 264 cm³/mol. The number of carbonyl (C=O) groups is 4. The molecule has 73 heavy (non-hydrogen) atoms. The molecule has 0 radical (unpaired) electrons. The van der Waals surface area contributed by atoms with Crippen molar-refractivity contribution >= 4 is 40.5 Å². The molecule has 17 nitrogen and oxygen atoms in total. The van der Waals surface area contributed by atoms with Crippen molar-refractivity contribution in [2.45, 2.75) is 62.8 Å². The lowest BCUT2D eigenvalue weighted by Crippen LogP contribution is -2.52. The number of anilines is 2. The van der Waals surface area contributed by atoms with Gasteiger partial charge in [0.05, 0.1) is 30.0 Å². The summed E-state index contributed by atoms with van der Waals surface area (Å²) in [7, 11) is 3.67. The number of hydrogen-bond acceptors (Lipinski definition) is 11. The maximum atomic E-state index is 14.7. The highest BCUT2D eigenvalue weighted by Crippen LogP contribution is 2.38. The molecule has 3 aromatic heterocycles.